The standard InChI is InChI=1S/C56H37NO/c1-3-17-38(18-4-1)40-22-15-24-42(35-40)46-27-11-13-31-52(46)57(44-25-16-23-41(36-44)39-19-5-2-6-20-39)53-34-33-49(56-55(53)50-30-12-14-32-54(50)58-56)51-37-43-21-7-8-26-45(43)47-28-9-10-29-48(47)51/h1-37H. The molecular weight excluding hydrogens is 703 g/mol. The second-order valence-electron chi connectivity index (χ2n) is 14.8. The van der Waals surface area contributed by atoms with Crippen molar-refractivity contribution in [1.29, 1.82) is 0 Å². The Morgan fingerprint density at radius 3 is 1.69 bits per heavy atom. The molecule has 58 heavy (non-hydrogen) atoms. The van der Waals surface area contributed by atoms with Crippen LogP contribution in [0.5, 0.6) is 0 Å². The second-order valence-corrected chi connectivity index (χ2v) is 14.8. The SMILES string of the molecule is c1ccc(-c2cccc(-c3ccccc3N(c3cccc(-c4ccccc4)c3)c3ccc(-c4cc5ccccc5c5ccccc45)c4oc5ccccc5c34)c2)cc1. The van der Waals surface area contributed by atoms with Crippen LogP contribution in [0.15, 0.2) is 229 Å². The second kappa shape index (κ2) is 14.1. The van der Waals surface area contributed by atoms with Crippen LogP contribution in [0.2, 0.25) is 0 Å². The number of furan rings is 1. The molecule has 2 heteroatoms. The van der Waals surface area contributed by atoms with Crippen LogP contribution < -0.4 is 4.90 Å². The molecular formula is C56H37NO. The van der Waals surface area contributed by atoms with Crippen molar-refractivity contribution in [2.45, 2.75) is 0 Å². The third kappa shape index (κ3) is 5.74. The van der Waals surface area contributed by atoms with Crippen LogP contribution in [0.1, 0.15) is 0 Å². The third-order valence-electron chi connectivity index (χ3n) is 11.4. The maximum atomic E-state index is 7.01. The first-order valence-electron chi connectivity index (χ1n) is 19.8. The average Bonchev–Trinajstić information content (AvgIpc) is 3.70. The van der Waals surface area contributed by atoms with Gasteiger partial charge in [0.15, 0.2) is 0 Å². The summed E-state index contributed by atoms with van der Waals surface area (Å²) in [5.41, 5.74) is 14.1. The lowest BCUT2D eigenvalue weighted by molar-refractivity contribution is 0.670. The molecule has 272 valence electrons. The highest BCUT2D eigenvalue weighted by Crippen LogP contribution is 2.50. The van der Waals surface area contributed by atoms with E-state index in [0.717, 1.165) is 66.8 Å². The molecule has 0 bridgehead atoms. The molecule has 0 aliphatic heterocycles. The van der Waals surface area contributed by atoms with Gasteiger partial charge in [0, 0.05) is 22.2 Å². The number of rotatable bonds is 7. The zero-order valence-electron chi connectivity index (χ0n) is 31.7. The highest BCUT2D eigenvalue weighted by molar-refractivity contribution is 6.21. The minimum absolute atomic E-state index is 0.859. The Hall–Kier alpha value is -7.68. The minimum Gasteiger partial charge on any atom is -0.455 e. The molecule has 0 radical (unpaired) electrons. The van der Waals surface area contributed by atoms with E-state index >= 15 is 0 Å². The highest BCUT2D eigenvalue weighted by Gasteiger charge is 2.25. The maximum Gasteiger partial charge on any atom is 0.145 e. The van der Waals surface area contributed by atoms with Crippen molar-refractivity contribution in [3.63, 3.8) is 0 Å². The van der Waals surface area contributed by atoms with Crippen molar-refractivity contribution in [1.82, 2.24) is 0 Å². The van der Waals surface area contributed by atoms with E-state index in [1.165, 1.54) is 38.2 Å². The van der Waals surface area contributed by atoms with Gasteiger partial charge in [-0.15, -0.1) is 0 Å². The van der Waals surface area contributed by atoms with Crippen LogP contribution in [0, 0.1) is 0 Å². The predicted octanol–water partition coefficient (Wildman–Crippen LogP) is 16.0. The Morgan fingerprint density at radius 1 is 0.310 bits per heavy atom. The molecule has 0 N–H and O–H groups in total. The third-order valence-corrected chi connectivity index (χ3v) is 11.4. The van der Waals surface area contributed by atoms with Crippen LogP contribution in [0.25, 0.3) is 88.0 Å². The van der Waals surface area contributed by atoms with E-state index in [4.69, 9.17) is 4.42 Å². The summed E-state index contributed by atoms with van der Waals surface area (Å²) in [7, 11) is 0. The van der Waals surface area contributed by atoms with E-state index in [2.05, 4.69) is 229 Å². The number of anilines is 3. The number of hydrogen-bond acceptors (Lipinski definition) is 2. The summed E-state index contributed by atoms with van der Waals surface area (Å²) in [6.07, 6.45) is 0. The molecule has 1 aromatic heterocycles. The lowest BCUT2D eigenvalue weighted by Gasteiger charge is -2.29. The van der Waals surface area contributed by atoms with Crippen LogP contribution in [-0.2, 0) is 0 Å². The van der Waals surface area contributed by atoms with Crippen molar-refractivity contribution < 1.29 is 4.42 Å². The lowest BCUT2D eigenvalue weighted by atomic mass is 9.91. The quantitative estimate of drug-likeness (QED) is 0.151. The largest absolute Gasteiger partial charge is 0.455 e. The van der Waals surface area contributed by atoms with Crippen molar-refractivity contribution >= 4 is 60.5 Å². The summed E-state index contributed by atoms with van der Waals surface area (Å²) >= 11 is 0. The van der Waals surface area contributed by atoms with E-state index in [1.54, 1.807) is 0 Å². The van der Waals surface area contributed by atoms with Crippen LogP contribution in [0.3, 0.4) is 0 Å². The molecule has 0 atom stereocenters. The normalized spacial score (nSPS) is 11.4. The monoisotopic (exact) mass is 739 g/mol. The van der Waals surface area contributed by atoms with Crippen molar-refractivity contribution in [3.8, 4) is 44.5 Å². The van der Waals surface area contributed by atoms with E-state index in [9.17, 15) is 0 Å². The molecule has 0 spiro atoms. The average molecular weight is 740 g/mol. The number of para-hydroxylation sites is 2. The Labute approximate surface area is 337 Å². The van der Waals surface area contributed by atoms with E-state index in [-0.39, 0.29) is 0 Å². The highest BCUT2D eigenvalue weighted by atomic mass is 16.3. The van der Waals surface area contributed by atoms with Gasteiger partial charge in [-0.05, 0) is 103 Å². The Kier molecular flexibility index (Phi) is 8.19. The molecule has 0 amide bonds. The van der Waals surface area contributed by atoms with Gasteiger partial charge in [-0.2, -0.15) is 0 Å². The molecule has 10 aromatic carbocycles. The molecule has 2 nitrogen and oxygen atoms in total. The maximum absolute atomic E-state index is 7.01. The molecule has 11 rings (SSSR count). The van der Waals surface area contributed by atoms with Gasteiger partial charge in [-0.25, -0.2) is 0 Å². The summed E-state index contributed by atoms with van der Waals surface area (Å²) in [6, 6.07) is 80.6. The molecule has 0 unspecified atom stereocenters. The number of nitrogens with zero attached hydrogens (tertiary/aromatic N) is 1. The van der Waals surface area contributed by atoms with Gasteiger partial charge >= 0.3 is 0 Å². The summed E-state index contributed by atoms with van der Waals surface area (Å²) < 4.78 is 7.01. The zero-order chi connectivity index (χ0) is 38.4. The summed E-state index contributed by atoms with van der Waals surface area (Å²) in [5, 5.41) is 7.03. The topological polar surface area (TPSA) is 16.4 Å². The Balaban J connectivity index is 1.20. The summed E-state index contributed by atoms with van der Waals surface area (Å²) in [4.78, 5) is 2.43. The number of fused-ring (bicyclic) bond motifs is 6. The lowest BCUT2D eigenvalue weighted by Crippen LogP contribution is -2.12. The van der Waals surface area contributed by atoms with Gasteiger partial charge in [0.2, 0.25) is 0 Å². The molecule has 0 aliphatic carbocycles. The number of hydrogen-bond donors (Lipinski definition) is 0. The van der Waals surface area contributed by atoms with Crippen molar-refractivity contribution in [2.75, 3.05) is 4.90 Å². The van der Waals surface area contributed by atoms with Gasteiger partial charge in [0.1, 0.15) is 11.2 Å². The van der Waals surface area contributed by atoms with E-state index in [0.29, 0.717) is 0 Å². The molecule has 0 saturated heterocycles. The molecule has 0 aliphatic rings. The molecule has 0 saturated carbocycles. The van der Waals surface area contributed by atoms with Crippen LogP contribution in [0.4, 0.5) is 17.1 Å². The fourth-order valence-electron chi connectivity index (χ4n) is 8.76. The van der Waals surface area contributed by atoms with Gasteiger partial charge in [0.05, 0.1) is 16.8 Å². The van der Waals surface area contributed by atoms with E-state index in [1.807, 2.05) is 0 Å². The van der Waals surface area contributed by atoms with Gasteiger partial charge in [-0.3, -0.25) is 0 Å². The van der Waals surface area contributed by atoms with E-state index < -0.39 is 0 Å². The zero-order valence-corrected chi connectivity index (χ0v) is 31.7. The van der Waals surface area contributed by atoms with Gasteiger partial charge < -0.3 is 9.32 Å². The number of benzene rings is 10. The fraction of sp³-hybridized carbons (Fsp3) is 0. The van der Waals surface area contributed by atoms with Crippen LogP contribution >= 0.6 is 0 Å². The molecule has 11 aromatic rings. The summed E-state index contributed by atoms with van der Waals surface area (Å²) in [5.74, 6) is 0. The fourth-order valence-corrected chi connectivity index (χ4v) is 8.76. The van der Waals surface area contributed by atoms with Crippen molar-refractivity contribution in [2.24, 2.45) is 0 Å². The van der Waals surface area contributed by atoms with Gasteiger partial charge in [0.25, 0.3) is 0 Å². The molecule has 0 fully saturated rings. The summed E-state index contributed by atoms with van der Waals surface area (Å²) in [6.45, 7) is 0. The van der Waals surface area contributed by atoms with Crippen LogP contribution in [-0.4, -0.2) is 0 Å². The Morgan fingerprint density at radius 2 is 0.897 bits per heavy atom. The first-order chi connectivity index (χ1) is 28.8. The molecule has 1 heterocycles. The van der Waals surface area contributed by atoms with Gasteiger partial charge in [-0.1, -0.05) is 176 Å². The predicted molar refractivity (Wildman–Crippen MR) is 245 cm³/mol. The minimum atomic E-state index is 0.859. The smallest absolute Gasteiger partial charge is 0.145 e. The first kappa shape index (κ1) is 33.6. The first-order valence-corrected chi connectivity index (χ1v) is 19.8. The Bertz CT molecular complexity index is 3290. The van der Waals surface area contributed by atoms with Crippen molar-refractivity contribution in [3.05, 3.63) is 224 Å².